The van der Waals surface area contributed by atoms with Crippen LogP contribution in [0.25, 0.3) is 16.7 Å². The highest BCUT2D eigenvalue weighted by atomic mass is 79.9. The second kappa shape index (κ2) is 4.73. The fraction of sp³-hybridized carbons (Fsp3) is 0.200. The number of nitrogens with one attached hydrogen (secondary N) is 1. The zero-order chi connectivity index (χ0) is 14.4. The van der Waals surface area contributed by atoms with E-state index in [1.165, 1.54) is 12.8 Å². The van der Waals surface area contributed by atoms with Gasteiger partial charge in [-0.05, 0) is 59.1 Å². The number of nitrogens with two attached hydrogens (primary N) is 1. The molecule has 0 unspecified atom stereocenters. The van der Waals surface area contributed by atoms with Gasteiger partial charge in [0.05, 0.1) is 5.69 Å². The van der Waals surface area contributed by atoms with Crippen molar-refractivity contribution in [2.24, 2.45) is 0 Å². The fourth-order valence-electron chi connectivity index (χ4n) is 2.20. The van der Waals surface area contributed by atoms with Gasteiger partial charge in [-0.15, -0.1) is 10.2 Å². The third kappa shape index (κ3) is 2.47. The van der Waals surface area contributed by atoms with Gasteiger partial charge in [0.15, 0.2) is 0 Å². The lowest BCUT2D eigenvalue weighted by atomic mass is 10.3. The van der Waals surface area contributed by atoms with Gasteiger partial charge in [0.1, 0.15) is 11.0 Å². The van der Waals surface area contributed by atoms with E-state index >= 15 is 0 Å². The molecule has 0 bridgehead atoms. The molecule has 0 spiro atoms. The number of nitrogens with zero attached hydrogens (tertiary/aromatic N) is 3. The SMILES string of the molecule is Nc1[c]c2nn(-c3ccc(NC4CC4)cc3)nc2c(Br)c1. The average Bonchev–Trinajstić information content (AvgIpc) is 3.16. The van der Waals surface area contributed by atoms with E-state index in [2.05, 4.69) is 49.6 Å². The molecule has 1 aliphatic carbocycles. The van der Waals surface area contributed by atoms with Crippen molar-refractivity contribution >= 4 is 38.3 Å². The van der Waals surface area contributed by atoms with Crippen molar-refractivity contribution < 1.29 is 0 Å². The average molecular weight is 343 g/mol. The summed E-state index contributed by atoms with van der Waals surface area (Å²) in [5, 5.41) is 12.4. The summed E-state index contributed by atoms with van der Waals surface area (Å²) < 4.78 is 0.826. The molecule has 3 aromatic rings. The summed E-state index contributed by atoms with van der Waals surface area (Å²) in [5.41, 5.74) is 9.77. The maximum Gasteiger partial charge on any atom is 0.128 e. The number of halogens is 1. The molecule has 6 heteroatoms. The number of anilines is 2. The van der Waals surface area contributed by atoms with Crippen LogP contribution in [-0.2, 0) is 0 Å². The highest BCUT2D eigenvalue weighted by molar-refractivity contribution is 9.10. The van der Waals surface area contributed by atoms with Gasteiger partial charge in [-0.3, -0.25) is 0 Å². The number of benzene rings is 2. The molecule has 0 atom stereocenters. The summed E-state index contributed by atoms with van der Waals surface area (Å²) >= 11 is 3.45. The minimum absolute atomic E-state index is 0.547. The van der Waals surface area contributed by atoms with Crippen molar-refractivity contribution in [1.82, 2.24) is 15.0 Å². The van der Waals surface area contributed by atoms with Crippen LogP contribution in [0.15, 0.2) is 34.8 Å². The molecule has 21 heavy (non-hydrogen) atoms. The van der Waals surface area contributed by atoms with Gasteiger partial charge in [-0.2, -0.15) is 4.80 Å². The Morgan fingerprint density at radius 1 is 1.24 bits per heavy atom. The van der Waals surface area contributed by atoms with Crippen molar-refractivity contribution in [3.8, 4) is 5.69 Å². The topological polar surface area (TPSA) is 68.8 Å². The van der Waals surface area contributed by atoms with Gasteiger partial charge in [-0.1, -0.05) is 0 Å². The van der Waals surface area contributed by atoms with E-state index in [4.69, 9.17) is 5.73 Å². The Bertz CT molecular complexity index is 805. The van der Waals surface area contributed by atoms with E-state index in [9.17, 15) is 0 Å². The van der Waals surface area contributed by atoms with E-state index in [1.807, 2.05) is 12.1 Å². The number of hydrogen-bond acceptors (Lipinski definition) is 4. The molecule has 3 N–H and O–H groups in total. The molecular formula is C15H13BrN5. The summed E-state index contributed by atoms with van der Waals surface area (Å²) in [5.74, 6) is 0. The Hall–Kier alpha value is -2.08. The van der Waals surface area contributed by atoms with E-state index in [0.29, 0.717) is 17.2 Å². The van der Waals surface area contributed by atoms with Crippen molar-refractivity contribution in [2.75, 3.05) is 11.1 Å². The molecule has 0 amide bonds. The van der Waals surface area contributed by atoms with Crippen molar-refractivity contribution in [2.45, 2.75) is 18.9 Å². The van der Waals surface area contributed by atoms with Crippen LogP contribution in [0.1, 0.15) is 12.8 Å². The first-order valence-corrected chi connectivity index (χ1v) is 7.60. The maximum absolute atomic E-state index is 5.77. The number of fused-ring (bicyclic) bond motifs is 1. The number of aromatic nitrogens is 3. The monoisotopic (exact) mass is 342 g/mol. The Labute approximate surface area is 130 Å². The maximum atomic E-state index is 5.77. The number of nitrogen functional groups attached to an aromatic ring is 1. The summed E-state index contributed by atoms with van der Waals surface area (Å²) in [6.45, 7) is 0. The standard InChI is InChI=1S/C15H13BrN5/c16-13-7-9(17)8-14-15(13)20-21(19-14)12-5-3-11(4-6-12)18-10-1-2-10/h3-7,10,18H,1-2,17H2. The van der Waals surface area contributed by atoms with Gasteiger partial charge < -0.3 is 11.1 Å². The molecule has 1 saturated carbocycles. The minimum atomic E-state index is 0.547. The van der Waals surface area contributed by atoms with Gasteiger partial charge >= 0.3 is 0 Å². The first-order valence-electron chi connectivity index (χ1n) is 6.80. The lowest BCUT2D eigenvalue weighted by Gasteiger charge is -2.05. The van der Waals surface area contributed by atoms with Gasteiger partial charge in [0.25, 0.3) is 0 Å². The largest absolute Gasteiger partial charge is 0.398 e. The first kappa shape index (κ1) is 12.6. The van der Waals surface area contributed by atoms with Gasteiger partial charge in [-0.25, -0.2) is 0 Å². The fourth-order valence-corrected chi connectivity index (χ4v) is 2.71. The van der Waals surface area contributed by atoms with Crippen molar-refractivity contribution in [3.63, 3.8) is 0 Å². The van der Waals surface area contributed by atoms with Crippen LogP contribution in [0.5, 0.6) is 0 Å². The summed E-state index contributed by atoms with van der Waals surface area (Å²) in [6, 6.07) is 13.5. The van der Waals surface area contributed by atoms with Gasteiger partial charge in [0, 0.05) is 28.0 Å². The molecule has 1 aliphatic rings. The lowest BCUT2D eigenvalue weighted by molar-refractivity contribution is 0.765. The lowest BCUT2D eigenvalue weighted by Crippen LogP contribution is -2.02. The molecule has 105 valence electrons. The molecule has 1 heterocycles. The molecule has 2 aromatic carbocycles. The Balaban J connectivity index is 1.70. The van der Waals surface area contributed by atoms with Crippen LogP contribution in [0.2, 0.25) is 0 Å². The molecule has 0 saturated heterocycles. The molecule has 5 nitrogen and oxygen atoms in total. The summed E-state index contributed by atoms with van der Waals surface area (Å²) in [4.78, 5) is 1.60. The Morgan fingerprint density at radius 3 is 2.71 bits per heavy atom. The molecular weight excluding hydrogens is 330 g/mol. The van der Waals surface area contributed by atoms with Crippen LogP contribution < -0.4 is 11.1 Å². The second-order valence-electron chi connectivity index (χ2n) is 5.22. The Kier molecular flexibility index (Phi) is 2.85. The molecule has 1 aromatic heterocycles. The van der Waals surface area contributed by atoms with E-state index in [-0.39, 0.29) is 0 Å². The zero-order valence-corrected chi connectivity index (χ0v) is 12.8. The van der Waals surface area contributed by atoms with Crippen LogP contribution in [-0.4, -0.2) is 21.0 Å². The van der Waals surface area contributed by atoms with Crippen molar-refractivity contribution in [3.05, 3.63) is 40.9 Å². The summed E-state index contributed by atoms with van der Waals surface area (Å²) in [6.07, 6.45) is 2.53. The zero-order valence-electron chi connectivity index (χ0n) is 11.2. The van der Waals surface area contributed by atoms with Crippen LogP contribution in [0.4, 0.5) is 11.4 Å². The van der Waals surface area contributed by atoms with Crippen LogP contribution in [0, 0.1) is 6.07 Å². The van der Waals surface area contributed by atoms with Gasteiger partial charge in [0.2, 0.25) is 0 Å². The number of hydrogen-bond donors (Lipinski definition) is 2. The highest BCUT2D eigenvalue weighted by Gasteiger charge is 2.20. The molecule has 1 fully saturated rings. The highest BCUT2D eigenvalue weighted by Crippen LogP contribution is 2.26. The van der Waals surface area contributed by atoms with E-state index in [1.54, 1.807) is 10.9 Å². The van der Waals surface area contributed by atoms with E-state index < -0.39 is 0 Å². The van der Waals surface area contributed by atoms with Crippen LogP contribution >= 0.6 is 15.9 Å². The first-order chi connectivity index (χ1) is 10.2. The molecule has 1 radical (unpaired) electrons. The Morgan fingerprint density at radius 2 is 2.00 bits per heavy atom. The minimum Gasteiger partial charge on any atom is -0.398 e. The second-order valence-corrected chi connectivity index (χ2v) is 6.08. The van der Waals surface area contributed by atoms with E-state index in [0.717, 1.165) is 21.4 Å². The van der Waals surface area contributed by atoms with Crippen LogP contribution in [0.3, 0.4) is 0 Å². The molecule has 0 aliphatic heterocycles. The van der Waals surface area contributed by atoms with Crippen molar-refractivity contribution in [1.29, 1.82) is 0 Å². The third-order valence-electron chi connectivity index (χ3n) is 3.43. The summed E-state index contributed by atoms with van der Waals surface area (Å²) in [7, 11) is 0. The quantitative estimate of drug-likeness (QED) is 0.717. The predicted molar refractivity (Wildman–Crippen MR) is 86.5 cm³/mol. The normalized spacial score (nSPS) is 14.5. The molecule has 4 rings (SSSR count). The predicted octanol–water partition coefficient (Wildman–Crippen LogP) is 3.14. The third-order valence-corrected chi connectivity index (χ3v) is 4.04. The smallest absolute Gasteiger partial charge is 0.128 e. The number of rotatable bonds is 3.